The van der Waals surface area contributed by atoms with Gasteiger partial charge in [0.1, 0.15) is 5.76 Å². The minimum absolute atomic E-state index is 0.606. The van der Waals surface area contributed by atoms with Crippen molar-refractivity contribution < 1.29 is 4.42 Å². The first-order chi connectivity index (χ1) is 6.81. The van der Waals surface area contributed by atoms with Crippen molar-refractivity contribution >= 4 is 15.9 Å². The number of nitrogens with zero attached hydrogens (tertiary/aromatic N) is 1. The molecule has 2 nitrogen and oxygen atoms in total. The molecular weight excluding hydrogens is 242 g/mol. The number of nitriles is 1. The molecule has 0 atom stereocenters. The van der Waals surface area contributed by atoms with Gasteiger partial charge in [0.25, 0.3) is 0 Å². The zero-order valence-corrected chi connectivity index (χ0v) is 8.78. The van der Waals surface area contributed by atoms with E-state index in [0.717, 1.165) is 10.0 Å². The quantitative estimate of drug-likeness (QED) is 0.773. The molecule has 0 aliphatic rings. The average molecular weight is 248 g/mol. The largest absolute Gasteiger partial charge is 0.464 e. The van der Waals surface area contributed by atoms with E-state index in [4.69, 9.17) is 9.68 Å². The Hall–Kier alpha value is -1.53. The number of rotatable bonds is 1. The second-order valence-corrected chi connectivity index (χ2v) is 3.69. The van der Waals surface area contributed by atoms with Crippen molar-refractivity contribution in [2.75, 3.05) is 0 Å². The Morgan fingerprint density at radius 3 is 2.79 bits per heavy atom. The van der Waals surface area contributed by atoms with E-state index in [0.29, 0.717) is 11.3 Å². The van der Waals surface area contributed by atoms with Gasteiger partial charge >= 0.3 is 0 Å². The third kappa shape index (κ3) is 1.57. The zero-order chi connectivity index (χ0) is 9.97. The molecule has 1 aromatic heterocycles. The van der Waals surface area contributed by atoms with Crippen LogP contribution in [-0.2, 0) is 0 Å². The van der Waals surface area contributed by atoms with Crippen molar-refractivity contribution in [3.05, 3.63) is 46.6 Å². The van der Waals surface area contributed by atoms with Gasteiger partial charge in [0.2, 0.25) is 0 Å². The van der Waals surface area contributed by atoms with Crippen LogP contribution < -0.4 is 0 Å². The minimum Gasteiger partial charge on any atom is -0.464 e. The maximum atomic E-state index is 8.93. The van der Waals surface area contributed by atoms with Crippen LogP contribution in [0.15, 0.2) is 45.5 Å². The highest BCUT2D eigenvalue weighted by Gasteiger charge is 2.06. The van der Waals surface area contributed by atoms with Gasteiger partial charge in [-0.05, 0) is 30.3 Å². The molecule has 14 heavy (non-hydrogen) atoms. The summed E-state index contributed by atoms with van der Waals surface area (Å²) in [6.45, 7) is 0. The van der Waals surface area contributed by atoms with Gasteiger partial charge in [0.15, 0.2) is 0 Å². The number of furan rings is 1. The van der Waals surface area contributed by atoms with Gasteiger partial charge in [-0.25, -0.2) is 0 Å². The lowest BCUT2D eigenvalue weighted by Crippen LogP contribution is -1.81. The van der Waals surface area contributed by atoms with Gasteiger partial charge in [0, 0.05) is 10.0 Å². The Bertz CT molecular complexity index is 482. The molecule has 0 N–H and O–H groups in total. The van der Waals surface area contributed by atoms with Crippen molar-refractivity contribution in [2.24, 2.45) is 0 Å². The zero-order valence-electron chi connectivity index (χ0n) is 7.20. The van der Waals surface area contributed by atoms with Gasteiger partial charge in [-0.2, -0.15) is 5.26 Å². The van der Waals surface area contributed by atoms with Gasteiger partial charge in [-0.1, -0.05) is 15.9 Å². The van der Waals surface area contributed by atoms with Crippen molar-refractivity contribution in [3.63, 3.8) is 0 Å². The van der Waals surface area contributed by atoms with Crippen LogP contribution in [0, 0.1) is 11.3 Å². The number of hydrogen-bond acceptors (Lipinski definition) is 2. The SMILES string of the molecule is N#Cc1cc(Br)ccc1-c1ccco1. The third-order valence-electron chi connectivity index (χ3n) is 1.89. The molecule has 2 rings (SSSR count). The van der Waals surface area contributed by atoms with Gasteiger partial charge in [0.05, 0.1) is 17.9 Å². The van der Waals surface area contributed by atoms with E-state index in [9.17, 15) is 0 Å². The van der Waals surface area contributed by atoms with Crippen molar-refractivity contribution in [2.45, 2.75) is 0 Å². The van der Waals surface area contributed by atoms with Crippen LogP contribution in [0.1, 0.15) is 5.56 Å². The second kappa shape index (κ2) is 3.69. The van der Waals surface area contributed by atoms with Crippen molar-refractivity contribution in [1.29, 1.82) is 5.26 Å². The smallest absolute Gasteiger partial charge is 0.135 e. The third-order valence-corrected chi connectivity index (χ3v) is 2.38. The maximum Gasteiger partial charge on any atom is 0.135 e. The molecule has 0 spiro atoms. The minimum atomic E-state index is 0.606. The summed E-state index contributed by atoms with van der Waals surface area (Å²) in [6, 6.07) is 11.3. The average Bonchev–Trinajstić information content (AvgIpc) is 2.70. The second-order valence-electron chi connectivity index (χ2n) is 2.78. The fourth-order valence-corrected chi connectivity index (χ4v) is 1.62. The highest BCUT2D eigenvalue weighted by molar-refractivity contribution is 9.10. The lowest BCUT2D eigenvalue weighted by molar-refractivity contribution is 0.582. The molecule has 2 aromatic rings. The molecule has 0 saturated carbocycles. The van der Waals surface area contributed by atoms with Crippen LogP contribution in [0.5, 0.6) is 0 Å². The lowest BCUT2D eigenvalue weighted by atomic mass is 10.1. The molecule has 0 unspecified atom stereocenters. The Labute approximate surface area is 89.9 Å². The van der Waals surface area contributed by atoms with Crippen LogP contribution in [0.2, 0.25) is 0 Å². The molecule has 68 valence electrons. The molecule has 0 saturated heterocycles. The predicted octanol–water partition coefficient (Wildman–Crippen LogP) is 3.58. The molecule has 0 amide bonds. The summed E-state index contributed by atoms with van der Waals surface area (Å²) in [4.78, 5) is 0. The number of hydrogen-bond donors (Lipinski definition) is 0. The maximum absolute atomic E-state index is 8.93. The Balaban J connectivity index is 2.60. The van der Waals surface area contributed by atoms with Gasteiger partial charge in [-0.15, -0.1) is 0 Å². The fourth-order valence-electron chi connectivity index (χ4n) is 1.26. The van der Waals surface area contributed by atoms with Crippen LogP contribution in [0.25, 0.3) is 11.3 Å². The van der Waals surface area contributed by atoms with E-state index in [1.165, 1.54) is 0 Å². The number of halogens is 1. The van der Waals surface area contributed by atoms with Crippen LogP contribution >= 0.6 is 15.9 Å². The van der Waals surface area contributed by atoms with Crippen LogP contribution in [0.3, 0.4) is 0 Å². The predicted molar refractivity (Wildman–Crippen MR) is 56.6 cm³/mol. The summed E-state index contributed by atoms with van der Waals surface area (Å²) in [6.07, 6.45) is 1.60. The van der Waals surface area contributed by atoms with E-state index < -0.39 is 0 Å². The summed E-state index contributed by atoms with van der Waals surface area (Å²) in [5.74, 6) is 0.717. The Morgan fingerprint density at radius 2 is 2.14 bits per heavy atom. The Morgan fingerprint density at radius 1 is 1.29 bits per heavy atom. The van der Waals surface area contributed by atoms with E-state index in [2.05, 4.69) is 22.0 Å². The molecule has 0 bridgehead atoms. The fraction of sp³-hybridized carbons (Fsp3) is 0. The van der Waals surface area contributed by atoms with Gasteiger partial charge < -0.3 is 4.42 Å². The van der Waals surface area contributed by atoms with E-state index in [-0.39, 0.29) is 0 Å². The summed E-state index contributed by atoms with van der Waals surface area (Å²) in [7, 11) is 0. The number of benzene rings is 1. The van der Waals surface area contributed by atoms with Crippen molar-refractivity contribution in [1.82, 2.24) is 0 Å². The first-order valence-electron chi connectivity index (χ1n) is 4.05. The first kappa shape index (κ1) is 9.04. The van der Waals surface area contributed by atoms with E-state index in [1.54, 1.807) is 18.4 Å². The normalized spacial score (nSPS) is 9.71. The molecule has 3 heteroatoms. The highest BCUT2D eigenvalue weighted by atomic mass is 79.9. The highest BCUT2D eigenvalue weighted by Crippen LogP contribution is 2.26. The summed E-state index contributed by atoms with van der Waals surface area (Å²) in [5.41, 5.74) is 1.43. The van der Waals surface area contributed by atoms with E-state index >= 15 is 0 Å². The Kier molecular flexibility index (Phi) is 2.38. The standard InChI is InChI=1S/C11H6BrNO/c12-9-3-4-10(8(6-9)7-13)11-2-1-5-14-11/h1-6H. The van der Waals surface area contributed by atoms with Gasteiger partial charge in [-0.3, -0.25) is 0 Å². The molecule has 0 aliphatic carbocycles. The van der Waals surface area contributed by atoms with Crippen LogP contribution in [-0.4, -0.2) is 0 Å². The van der Waals surface area contributed by atoms with E-state index in [1.807, 2.05) is 18.2 Å². The molecule has 0 fully saturated rings. The molecule has 1 heterocycles. The molecule has 1 aromatic carbocycles. The summed E-state index contributed by atoms with van der Waals surface area (Å²) < 4.78 is 6.13. The van der Waals surface area contributed by atoms with Crippen LogP contribution in [0.4, 0.5) is 0 Å². The van der Waals surface area contributed by atoms with Crippen molar-refractivity contribution in [3.8, 4) is 17.4 Å². The summed E-state index contributed by atoms with van der Waals surface area (Å²) in [5, 5.41) is 8.93. The molecule has 0 radical (unpaired) electrons. The topological polar surface area (TPSA) is 36.9 Å². The monoisotopic (exact) mass is 247 g/mol. The molecular formula is C11H6BrNO. The summed E-state index contributed by atoms with van der Waals surface area (Å²) >= 11 is 3.32. The first-order valence-corrected chi connectivity index (χ1v) is 4.84. The lowest BCUT2D eigenvalue weighted by Gasteiger charge is -2.00. The molecule has 0 aliphatic heterocycles.